The zero-order valence-electron chi connectivity index (χ0n) is 12.0. The molecule has 7 heteroatoms. The third kappa shape index (κ3) is 3.49. The minimum atomic E-state index is -2.63. The van der Waals surface area contributed by atoms with Crippen LogP contribution >= 0.6 is 0 Å². The van der Waals surface area contributed by atoms with E-state index in [2.05, 4.69) is 10.3 Å². The minimum absolute atomic E-state index is 0.121. The molecule has 0 saturated heterocycles. The van der Waals surface area contributed by atoms with E-state index in [0.717, 1.165) is 6.07 Å². The molecular weight excluding hydrogens is 294 g/mol. The van der Waals surface area contributed by atoms with Gasteiger partial charge in [0.05, 0.1) is 14.2 Å². The second-order valence-corrected chi connectivity index (χ2v) is 4.29. The highest BCUT2D eigenvalue weighted by Gasteiger charge is 2.14. The monoisotopic (exact) mass is 308 g/mol. The number of rotatable bonds is 5. The summed E-state index contributed by atoms with van der Waals surface area (Å²) in [5, 5.41) is 2.57. The fraction of sp³-hybridized carbons (Fsp3) is 0.200. The fourth-order valence-electron chi connectivity index (χ4n) is 1.80. The van der Waals surface area contributed by atoms with Crippen molar-refractivity contribution in [3.05, 3.63) is 47.5 Å². The zero-order chi connectivity index (χ0) is 16.1. The number of methoxy groups -OCH3 is 2. The Hall–Kier alpha value is -2.70. The van der Waals surface area contributed by atoms with Crippen LogP contribution in [-0.4, -0.2) is 25.1 Å². The summed E-state index contributed by atoms with van der Waals surface area (Å²) in [5.74, 6) is -0.0416. The lowest BCUT2D eigenvalue weighted by atomic mass is 10.1. The van der Waals surface area contributed by atoms with Crippen LogP contribution in [0.5, 0.6) is 11.8 Å². The van der Waals surface area contributed by atoms with Gasteiger partial charge in [-0.3, -0.25) is 4.79 Å². The van der Waals surface area contributed by atoms with Crippen molar-refractivity contribution in [3.63, 3.8) is 0 Å². The number of nitrogens with zero attached hydrogens (tertiary/aromatic N) is 1. The topological polar surface area (TPSA) is 60.5 Å². The second-order valence-electron chi connectivity index (χ2n) is 4.29. The number of benzene rings is 1. The van der Waals surface area contributed by atoms with Crippen LogP contribution in [0.4, 0.5) is 14.5 Å². The summed E-state index contributed by atoms with van der Waals surface area (Å²) < 4.78 is 35.3. The third-order valence-electron chi connectivity index (χ3n) is 2.89. The van der Waals surface area contributed by atoms with Gasteiger partial charge in [-0.05, 0) is 18.2 Å². The Morgan fingerprint density at radius 2 is 1.95 bits per heavy atom. The first-order valence-electron chi connectivity index (χ1n) is 6.33. The van der Waals surface area contributed by atoms with Gasteiger partial charge in [0, 0.05) is 17.2 Å². The van der Waals surface area contributed by atoms with Crippen molar-refractivity contribution in [2.75, 3.05) is 19.5 Å². The molecule has 0 bridgehead atoms. The number of hydrogen-bond donors (Lipinski definition) is 1. The number of aromatic nitrogens is 1. The standard InChI is InChI=1S/C15H14F2N2O3/c1-21-12-7-6-11(15(19-12)22-2)18-14(20)10-5-3-4-9(8-10)13(16)17/h3-8,13H,1-2H3,(H,18,20). The maximum atomic E-state index is 12.7. The molecule has 0 aliphatic carbocycles. The maximum Gasteiger partial charge on any atom is 0.263 e. The van der Waals surface area contributed by atoms with E-state index in [0.29, 0.717) is 11.6 Å². The summed E-state index contributed by atoms with van der Waals surface area (Å²) in [6, 6.07) is 8.36. The van der Waals surface area contributed by atoms with Gasteiger partial charge in [0.1, 0.15) is 5.69 Å². The normalized spacial score (nSPS) is 10.4. The second kappa shape index (κ2) is 6.84. The Morgan fingerprint density at radius 1 is 1.18 bits per heavy atom. The summed E-state index contributed by atoms with van der Waals surface area (Å²) in [4.78, 5) is 16.2. The van der Waals surface area contributed by atoms with Gasteiger partial charge in [-0.15, -0.1) is 0 Å². The molecule has 0 atom stereocenters. The smallest absolute Gasteiger partial charge is 0.263 e. The number of carbonyl (C=O) groups excluding carboxylic acids is 1. The molecule has 1 amide bonds. The summed E-state index contributed by atoms with van der Waals surface area (Å²) in [6.45, 7) is 0. The van der Waals surface area contributed by atoms with E-state index in [1.807, 2.05) is 0 Å². The maximum absolute atomic E-state index is 12.7. The summed E-state index contributed by atoms with van der Waals surface area (Å²) >= 11 is 0. The number of hydrogen-bond acceptors (Lipinski definition) is 4. The number of halogens is 2. The molecule has 116 valence electrons. The number of anilines is 1. The predicted molar refractivity (Wildman–Crippen MR) is 76.7 cm³/mol. The van der Waals surface area contributed by atoms with E-state index >= 15 is 0 Å². The summed E-state index contributed by atoms with van der Waals surface area (Å²) in [6.07, 6.45) is -2.63. The SMILES string of the molecule is COc1ccc(NC(=O)c2cccc(C(F)F)c2)c(OC)n1. The van der Waals surface area contributed by atoms with Crippen molar-refractivity contribution in [1.29, 1.82) is 0 Å². The first-order chi connectivity index (χ1) is 10.5. The van der Waals surface area contributed by atoms with Crippen molar-refractivity contribution in [1.82, 2.24) is 4.98 Å². The van der Waals surface area contributed by atoms with Crippen molar-refractivity contribution >= 4 is 11.6 Å². The first-order valence-corrected chi connectivity index (χ1v) is 6.33. The molecule has 1 N–H and O–H groups in total. The lowest BCUT2D eigenvalue weighted by Crippen LogP contribution is -2.13. The highest BCUT2D eigenvalue weighted by atomic mass is 19.3. The quantitative estimate of drug-likeness (QED) is 0.920. The van der Waals surface area contributed by atoms with Crippen molar-refractivity contribution in [2.24, 2.45) is 0 Å². The number of carbonyl (C=O) groups is 1. The average molecular weight is 308 g/mol. The number of alkyl halides is 2. The van der Waals surface area contributed by atoms with E-state index in [9.17, 15) is 13.6 Å². The van der Waals surface area contributed by atoms with Crippen LogP contribution in [0.25, 0.3) is 0 Å². The van der Waals surface area contributed by atoms with Gasteiger partial charge in [-0.1, -0.05) is 12.1 Å². The van der Waals surface area contributed by atoms with Gasteiger partial charge >= 0.3 is 0 Å². The third-order valence-corrected chi connectivity index (χ3v) is 2.89. The van der Waals surface area contributed by atoms with E-state index in [1.165, 1.54) is 32.4 Å². The molecule has 1 aromatic carbocycles. The van der Waals surface area contributed by atoms with Gasteiger partial charge in [0.15, 0.2) is 0 Å². The molecular formula is C15H14F2N2O3. The number of pyridine rings is 1. The van der Waals surface area contributed by atoms with Crippen LogP contribution in [0, 0.1) is 0 Å². The summed E-state index contributed by atoms with van der Waals surface area (Å²) in [5.41, 5.74) is 0.221. The lowest BCUT2D eigenvalue weighted by Gasteiger charge is -2.11. The van der Waals surface area contributed by atoms with Crippen molar-refractivity contribution in [2.45, 2.75) is 6.43 Å². The van der Waals surface area contributed by atoms with Crippen LogP contribution in [0.2, 0.25) is 0 Å². The van der Waals surface area contributed by atoms with Gasteiger partial charge in [0.2, 0.25) is 11.8 Å². The van der Waals surface area contributed by atoms with Gasteiger partial charge in [0.25, 0.3) is 12.3 Å². The highest BCUT2D eigenvalue weighted by Crippen LogP contribution is 2.26. The zero-order valence-corrected chi connectivity index (χ0v) is 12.0. The largest absolute Gasteiger partial charge is 0.481 e. The number of nitrogens with one attached hydrogen (secondary N) is 1. The van der Waals surface area contributed by atoms with Crippen molar-refractivity contribution < 1.29 is 23.0 Å². The Morgan fingerprint density at radius 3 is 2.59 bits per heavy atom. The Kier molecular flexibility index (Phi) is 4.88. The molecule has 22 heavy (non-hydrogen) atoms. The average Bonchev–Trinajstić information content (AvgIpc) is 2.55. The molecule has 0 saturated carbocycles. The summed E-state index contributed by atoms with van der Waals surface area (Å²) in [7, 11) is 2.85. The van der Waals surface area contributed by atoms with Gasteiger partial charge in [-0.2, -0.15) is 4.98 Å². The first kappa shape index (κ1) is 15.7. The number of ether oxygens (including phenoxy) is 2. The lowest BCUT2D eigenvalue weighted by molar-refractivity contribution is 0.102. The molecule has 0 spiro atoms. The van der Waals surface area contributed by atoms with E-state index < -0.39 is 12.3 Å². The van der Waals surface area contributed by atoms with Gasteiger partial charge in [-0.25, -0.2) is 8.78 Å². The molecule has 0 unspecified atom stereocenters. The Balaban J connectivity index is 2.23. The van der Waals surface area contributed by atoms with Crippen LogP contribution in [0.3, 0.4) is 0 Å². The molecule has 2 rings (SSSR count). The molecule has 0 radical (unpaired) electrons. The Bertz CT molecular complexity index is 678. The van der Waals surface area contributed by atoms with Crippen LogP contribution in [-0.2, 0) is 0 Å². The van der Waals surface area contributed by atoms with E-state index in [-0.39, 0.29) is 17.0 Å². The predicted octanol–water partition coefficient (Wildman–Crippen LogP) is 3.29. The van der Waals surface area contributed by atoms with Crippen molar-refractivity contribution in [3.8, 4) is 11.8 Å². The Labute approximate surface area is 125 Å². The van der Waals surface area contributed by atoms with E-state index in [1.54, 1.807) is 12.1 Å². The molecule has 1 heterocycles. The molecule has 1 aromatic heterocycles. The molecule has 0 fully saturated rings. The molecule has 0 aliphatic rings. The fourth-order valence-corrected chi connectivity index (χ4v) is 1.80. The van der Waals surface area contributed by atoms with Crippen LogP contribution < -0.4 is 14.8 Å². The van der Waals surface area contributed by atoms with Crippen LogP contribution in [0.1, 0.15) is 22.3 Å². The minimum Gasteiger partial charge on any atom is -0.481 e. The molecule has 2 aromatic rings. The molecule has 5 nitrogen and oxygen atoms in total. The van der Waals surface area contributed by atoms with E-state index in [4.69, 9.17) is 9.47 Å². The highest BCUT2D eigenvalue weighted by molar-refractivity contribution is 6.05. The number of amides is 1. The van der Waals surface area contributed by atoms with Crippen LogP contribution in [0.15, 0.2) is 36.4 Å². The molecule has 0 aliphatic heterocycles. The van der Waals surface area contributed by atoms with Gasteiger partial charge < -0.3 is 14.8 Å².